The number of nitro benzene ring substituents is 1. The van der Waals surface area contributed by atoms with Gasteiger partial charge in [0.15, 0.2) is 0 Å². The van der Waals surface area contributed by atoms with E-state index in [9.17, 15) is 18.9 Å². The van der Waals surface area contributed by atoms with Crippen molar-refractivity contribution in [2.45, 2.75) is 13.1 Å². The molecule has 0 spiro atoms. The van der Waals surface area contributed by atoms with Gasteiger partial charge in [-0.3, -0.25) is 15.0 Å². The molecule has 0 aliphatic rings. The Morgan fingerprint density at radius 2 is 1.88 bits per heavy atom. The Labute approximate surface area is 147 Å². The minimum absolute atomic E-state index is 0.0291. The smallest absolute Gasteiger partial charge is 0.269 e. The van der Waals surface area contributed by atoms with Gasteiger partial charge in [0.2, 0.25) is 11.7 Å². The number of aromatic nitrogens is 2. The van der Waals surface area contributed by atoms with Crippen molar-refractivity contribution >= 4 is 5.69 Å². The van der Waals surface area contributed by atoms with E-state index >= 15 is 0 Å². The van der Waals surface area contributed by atoms with E-state index in [1.54, 1.807) is 11.9 Å². The summed E-state index contributed by atoms with van der Waals surface area (Å²) in [7, 11) is 1.73. The highest BCUT2D eigenvalue weighted by Gasteiger charge is 2.14. The van der Waals surface area contributed by atoms with Crippen LogP contribution in [0.15, 0.2) is 47.0 Å². The zero-order valence-electron chi connectivity index (χ0n) is 13.7. The SMILES string of the molecule is CN(Cc1nc(-c2ccc([N+](=O)[O-])cc2)no1)Cc1ccc(F)cc1F. The van der Waals surface area contributed by atoms with Crippen LogP contribution in [0.2, 0.25) is 0 Å². The van der Waals surface area contributed by atoms with Gasteiger partial charge in [-0.1, -0.05) is 11.2 Å². The van der Waals surface area contributed by atoms with E-state index in [1.807, 2.05) is 0 Å². The molecule has 0 saturated carbocycles. The van der Waals surface area contributed by atoms with E-state index in [2.05, 4.69) is 10.1 Å². The summed E-state index contributed by atoms with van der Waals surface area (Å²) in [5.41, 5.74) is 0.903. The highest BCUT2D eigenvalue weighted by molar-refractivity contribution is 5.56. The predicted molar refractivity (Wildman–Crippen MR) is 87.9 cm³/mol. The van der Waals surface area contributed by atoms with Gasteiger partial charge in [0.05, 0.1) is 11.5 Å². The maximum Gasteiger partial charge on any atom is 0.269 e. The van der Waals surface area contributed by atoms with Crippen molar-refractivity contribution in [3.8, 4) is 11.4 Å². The van der Waals surface area contributed by atoms with Gasteiger partial charge in [0, 0.05) is 35.9 Å². The first-order valence-corrected chi connectivity index (χ1v) is 7.62. The van der Waals surface area contributed by atoms with E-state index in [4.69, 9.17) is 4.52 Å². The molecule has 1 heterocycles. The number of hydrogen-bond donors (Lipinski definition) is 0. The molecule has 1 aromatic heterocycles. The highest BCUT2D eigenvalue weighted by Crippen LogP contribution is 2.20. The van der Waals surface area contributed by atoms with Crippen LogP contribution in [-0.2, 0) is 13.1 Å². The average Bonchev–Trinajstić information content (AvgIpc) is 3.06. The number of halogens is 2. The number of rotatable bonds is 6. The van der Waals surface area contributed by atoms with Crippen LogP contribution in [0.5, 0.6) is 0 Å². The summed E-state index contributed by atoms with van der Waals surface area (Å²) in [6.45, 7) is 0.498. The second-order valence-corrected chi connectivity index (χ2v) is 5.72. The third kappa shape index (κ3) is 4.06. The molecule has 26 heavy (non-hydrogen) atoms. The van der Waals surface area contributed by atoms with Crippen LogP contribution in [0, 0.1) is 21.7 Å². The molecule has 3 aromatic rings. The molecule has 0 fully saturated rings. The molecular formula is C17H14F2N4O3. The lowest BCUT2D eigenvalue weighted by Crippen LogP contribution is -2.18. The first kappa shape index (κ1) is 17.6. The fourth-order valence-electron chi connectivity index (χ4n) is 2.40. The Morgan fingerprint density at radius 1 is 1.15 bits per heavy atom. The van der Waals surface area contributed by atoms with E-state index in [-0.39, 0.29) is 18.8 Å². The molecule has 0 unspecified atom stereocenters. The molecule has 9 heteroatoms. The molecule has 0 amide bonds. The summed E-state index contributed by atoms with van der Waals surface area (Å²) in [5, 5.41) is 14.5. The van der Waals surface area contributed by atoms with E-state index in [0.29, 0.717) is 22.8 Å². The lowest BCUT2D eigenvalue weighted by atomic mass is 10.2. The van der Waals surface area contributed by atoms with Crippen molar-refractivity contribution in [3.63, 3.8) is 0 Å². The van der Waals surface area contributed by atoms with Gasteiger partial charge < -0.3 is 4.52 Å². The average molecular weight is 360 g/mol. The van der Waals surface area contributed by atoms with Gasteiger partial charge in [-0.25, -0.2) is 8.78 Å². The highest BCUT2D eigenvalue weighted by atomic mass is 19.1. The summed E-state index contributed by atoms with van der Waals surface area (Å²) >= 11 is 0. The van der Waals surface area contributed by atoms with Gasteiger partial charge in [-0.15, -0.1) is 0 Å². The van der Waals surface area contributed by atoms with E-state index in [0.717, 1.165) is 6.07 Å². The quantitative estimate of drug-likeness (QED) is 0.494. The van der Waals surface area contributed by atoms with E-state index < -0.39 is 16.6 Å². The fourth-order valence-corrected chi connectivity index (χ4v) is 2.40. The molecule has 7 nitrogen and oxygen atoms in total. The topological polar surface area (TPSA) is 85.3 Å². The minimum Gasteiger partial charge on any atom is -0.338 e. The van der Waals surface area contributed by atoms with Crippen molar-refractivity contribution in [1.82, 2.24) is 15.0 Å². The number of benzene rings is 2. The van der Waals surface area contributed by atoms with Crippen LogP contribution >= 0.6 is 0 Å². The fraction of sp³-hybridized carbons (Fsp3) is 0.176. The van der Waals surface area contributed by atoms with Crippen LogP contribution in [-0.4, -0.2) is 27.0 Å². The van der Waals surface area contributed by atoms with Crippen molar-refractivity contribution in [2.75, 3.05) is 7.05 Å². The first-order valence-electron chi connectivity index (χ1n) is 7.62. The van der Waals surface area contributed by atoms with Gasteiger partial charge >= 0.3 is 0 Å². The van der Waals surface area contributed by atoms with Gasteiger partial charge in [-0.2, -0.15) is 4.98 Å². The third-order valence-electron chi connectivity index (χ3n) is 3.66. The number of nitro groups is 1. The Hall–Kier alpha value is -3.20. The van der Waals surface area contributed by atoms with Gasteiger partial charge in [-0.05, 0) is 25.2 Å². The second kappa shape index (κ2) is 7.36. The maximum atomic E-state index is 13.7. The lowest BCUT2D eigenvalue weighted by molar-refractivity contribution is -0.384. The molecule has 0 saturated heterocycles. The summed E-state index contributed by atoms with van der Waals surface area (Å²) in [6.07, 6.45) is 0. The molecule has 0 bridgehead atoms. The molecule has 0 aliphatic heterocycles. The molecule has 2 aromatic carbocycles. The maximum absolute atomic E-state index is 13.7. The van der Waals surface area contributed by atoms with Crippen molar-refractivity contribution in [1.29, 1.82) is 0 Å². The zero-order valence-corrected chi connectivity index (χ0v) is 13.7. The largest absolute Gasteiger partial charge is 0.338 e. The molecule has 134 valence electrons. The summed E-state index contributed by atoms with van der Waals surface area (Å²) < 4.78 is 31.8. The molecule has 0 aliphatic carbocycles. The number of hydrogen-bond acceptors (Lipinski definition) is 6. The van der Waals surface area contributed by atoms with Crippen LogP contribution in [0.1, 0.15) is 11.5 Å². The lowest BCUT2D eigenvalue weighted by Gasteiger charge is -2.14. The summed E-state index contributed by atoms with van der Waals surface area (Å²) in [5.74, 6) is -0.632. The van der Waals surface area contributed by atoms with Crippen LogP contribution in [0.3, 0.4) is 0 Å². The van der Waals surface area contributed by atoms with E-state index in [1.165, 1.54) is 36.4 Å². The normalized spacial score (nSPS) is 11.1. The minimum atomic E-state index is -0.626. The second-order valence-electron chi connectivity index (χ2n) is 5.72. The molecule has 0 radical (unpaired) electrons. The summed E-state index contributed by atoms with van der Waals surface area (Å²) in [4.78, 5) is 16.1. The van der Waals surface area contributed by atoms with Crippen LogP contribution in [0.25, 0.3) is 11.4 Å². The monoisotopic (exact) mass is 360 g/mol. The Bertz CT molecular complexity index is 928. The van der Waals surface area contributed by atoms with Crippen LogP contribution in [0.4, 0.5) is 14.5 Å². The van der Waals surface area contributed by atoms with Crippen molar-refractivity contribution < 1.29 is 18.2 Å². The molecule has 0 N–H and O–H groups in total. The Morgan fingerprint density at radius 3 is 2.54 bits per heavy atom. The van der Waals surface area contributed by atoms with Crippen molar-refractivity contribution in [3.05, 3.63) is 75.7 Å². The molecule has 0 atom stereocenters. The first-order chi connectivity index (χ1) is 12.4. The molecule has 3 rings (SSSR count). The van der Waals surface area contributed by atoms with Gasteiger partial charge in [0.25, 0.3) is 5.69 Å². The Balaban J connectivity index is 1.66. The Kier molecular flexibility index (Phi) is 4.99. The molecular weight excluding hydrogens is 346 g/mol. The van der Waals surface area contributed by atoms with Crippen LogP contribution < -0.4 is 0 Å². The summed E-state index contributed by atoms with van der Waals surface area (Å²) in [6, 6.07) is 9.20. The number of non-ortho nitro benzene ring substituents is 1. The third-order valence-corrected chi connectivity index (χ3v) is 3.66. The van der Waals surface area contributed by atoms with Crippen molar-refractivity contribution in [2.24, 2.45) is 0 Å². The zero-order chi connectivity index (χ0) is 18.7. The van der Waals surface area contributed by atoms with Gasteiger partial charge in [0.1, 0.15) is 11.6 Å². The predicted octanol–water partition coefficient (Wildman–Crippen LogP) is 3.56. The number of nitrogens with zero attached hydrogens (tertiary/aromatic N) is 4. The standard InChI is InChI=1S/C17H14F2N4O3/c1-22(9-12-2-5-13(18)8-15(12)19)10-16-20-17(21-26-16)11-3-6-14(7-4-11)23(24)25/h2-8H,9-10H2,1H3.